The van der Waals surface area contributed by atoms with Crippen LogP contribution in [0.3, 0.4) is 0 Å². The summed E-state index contributed by atoms with van der Waals surface area (Å²) in [6.45, 7) is 7.44. The maximum Gasteiger partial charge on any atom is 0.310 e. The minimum absolute atomic E-state index is 0.00155. The van der Waals surface area contributed by atoms with Crippen LogP contribution in [-0.2, 0) is 16.0 Å². The zero-order valence-electron chi connectivity index (χ0n) is 22.0. The summed E-state index contributed by atoms with van der Waals surface area (Å²) in [5.41, 5.74) is 5.77. The molecule has 1 amide bonds. The molecule has 3 aromatic rings. The number of rotatable bonds is 7. The molecule has 2 aliphatic rings. The first-order valence-corrected chi connectivity index (χ1v) is 14.5. The second kappa shape index (κ2) is 11.2. The zero-order chi connectivity index (χ0) is 25.9. The number of aryl methyl sites for hydroxylation is 1. The summed E-state index contributed by atoms with van der Waals surface area (Å²) in [6, 6.07) is 6.53. The maximum atomic E-state index is 13.8. The quantitative estimate of drug-likeness (QED) is 0.353. The molecule has 4 heterocycles. The molecular weight excluding hydrogens is 484 g/mol. The van der Waals surface area contributed by atoms with Crippen molar-refractivity contribution in [3.8, 4) is 22.0 Å². The monoisotopic (exact) mass is 520 g/mol. The van der Waals surface area contributed by atoms with Crippen molar-refractivity contribution in [1.29, 1.82) is 0 Å². The van der Waals surface area contributed by atoms with Gasteiger partial charge in [-0.15, -0.1) is 11.3 Å². The molecule has 1 saturated heterocycles. The second-order valence-electron chi connectivity index (χ2n) is 10.1. The van der Waals surface area contributed by atoms with E-state index in [4.69, 9.17) is 9.72 Å². The largest absolute Gasteiger partial charge is 0.466 e. The number of thiazole rings is 1. The molecule has 0 aromatic carbocycles. The van der Waals surface area contributed by atoms with E-state index >= 15 is 0 Å². The van der Waals surface area contributed by atoms with Gasteiger partial charge in [0, 0.05) is 47.7 Å². The Morgan fingerprint density at radius 2 is 1.95 bits per heavy atom. The lowest BCUT2D eigenvalue weighted by Crippen LogP contribution is -2.43. The number of carbonyl (C=O) groups excluding carboxylic acids is 2. The molecule has 7 nitrogen and oxygen atoms in total. The summed E-state index contributed by atoms with van der Waals surface area (Å²) in [4.78, 5) is 37.4. The minimum Gasteiger partial charge on any atom is -0.466 e. The van der Waals surface area contributed by atoms with Crippen molar-refractivity contribution in [3.63, 3.8) is 0 Å². The van der Waals surface area contributed by atoms with E-state index in [0.29, 0.717) is 25.7 Å². The van der Waals surface area contributed by atoms with Gasteiger partial charge in [-0.05, 0) is 64.2 Å². The van der Waals surface area contributed by atoms with Crippen LogP contribution in [0.15, 0.2) is 29.8 Å². The van der Waals surface area contributed by atoms with Gasteiger partial charge in [-0.2, -0.15) is 0 Å². The second-order valence-corrected chi connectivity index (χ2v) is 11.0. The number of pyridine rings is 1. The summed E-state index contributed by atoms with van der Waals surface area (Å²) in [7, 11) is 0. The number of piperidine rings is 1. The minimum atomic E-state index is -0.246. The number of amides is 1. The molecule has 0 N–H and O–H groups in total. The van der Waals surface area contributed by atoms with Gasteiger partial charge in [-0.25, -0.2) is 4.98 Å². The molecule has 8 heteroatoms. The van der Waals surface area contributed by atoms with Crippen LogP contribution in [0.4, 0.5) is 0 Å². The Labute approximate surface area is 222 Å². The predicted molar refractivity (Wildman–Crippen MR) is 146 cm³/mol. The van der Waals surface area contributed by atoms with Crippen LogP contribution in [0.25, 0.3) is 22.0 Å². The maximum absolute atomic E-state index is 13.8. The average molecular weight is 521 g/mol. The van der Waals surface area contributed by atoms with E-state index in [1.165, 1.54) is 12.8 Å². The Kier molecular flexibility index (Phi) is 7.74. The van der Waals surface area contributed by atoms with Crippen molar-refractivity contribution < 1.29 is 14.3 Å². The lowest BCUT2D eigenvalue weighted by Gasteiger charge is -2.31. The van der Waals surface area contributed by atoms with E-state index in [0.717, 1.165) is 71.0 Å². The molecule has 5 rings (SSSR count). The highest BCUT2D eigenvalue weighted by Gasteiger charge is 2.33. The third-order valence-corrected chi connectivity index (χ3v) is 8.62. The van der Waals surface area contributed by atoms with Crippen LogP contribution in [-0.4, -0.2) is 51.0 Å². The Morgan fingerprint density at radius 1 is 1.14 bits per heavy atom. The summed E-state index contributed by atoms with van der Waals surface area (Å²) in [5.74, 6) is -0.441. The molecule has 3 aromatic heterocycles. The topological polar surface area (TPSA) is 77.3 Å². The van der Waals surface area contributed by atoms with Crippen molar-refractivity contribution in [3.05, 3.63) is 46.7 Å². The molecular formula is C29H36N4O3S. The average Bonchev–Trinajstić information content (AvgIpc) is 3.69. The van der Waals surface area contributed by atoms with Crippen molar-refractivity contribution in [2.75, 3.05) is 19.7 Å². The molecule has 0 radical (unpaired) electrons. The molecule has 0 bridgehead atoms. The molecule has 1 unspecified atom stereocenters. The molecule has 1 aliphatic heterocycles. The highest BCUT2D eigenvalue weighted by atomic mass is 32.1. The first kappa shape index (κ1) is 25.6. The number of aromatic nitrogens is 3. The molecule has 2 fully saturated rings. The smallest absolute Gasteiger partial charge is 0.310 e. The van der Waals surface area contributed by atoms with Gasteiger partial charge < -0.3 is 14.2 Å². The number of carbonyl (C=O) groups is 2. The van der Waals surface area contributed by atoms with E-state index in [1.54, 1.807) is 11.3 Å². The number of nitrogens with zero attached hydrogens (tertiary/aromatic N) is 4. The highest BCUT2D eigenvalue weighted by Crippen LogP contribution is 2.39. The van der Waals surface area contributed by atoms with Gasteiger partial charge >= 0.3 is 5.97 Å². The van der Waals surface area contributed by atoms with Crippen LogP contribution < -0.4 is 0 Å². The Morgan fingerprint density at radius 3 is 2.70 bits per heavy atom. The normalized spacial score (nSPS) is 18.4. The van der Waals surface area contributed by atoms with Crippen LogP contribution in [0, 0.1) is 12.8 Å². The van der Waals surface area contributed by atoms with Crippen molar-refractivity contribution in [2.45, 2.75) is 71.8 Å². The summed E-state index contributed by atoms with van der Waals surface area (Å²) >= 11 is 1.63. The molecule has 0 spiro atoms. The Bertz CT molecular complexity index is 1270. The van der Waals surface area contributed by atoms with E-state index in [2.05, 4.69) is 34.8 Å². The number of ether oxygens (including phenoxy) is 1. The fraction of sp³-hybridized carbons (Fsp3) is 0.517. The van der Waals surface area contributed by atoms with E-state index < -0.39 is 0 Å². The third kappa shape index (κ3) is 5.21. The Hall–Kier alpha value is -3.00. The third-order valence-electron chi connectivity index (χ3n) is 7.73. The first-order chi connectivity index (χ1) is 18.0. The number of likely N-dealkylation sites (tertiary alicyclic amines) is 1. The van der Waals surface area contributed by atoms with Crippen molar-refractivity contribution in [2.24, 2.45) is 5.92 Å². The molecule has 1 saturated carbocycles. The van der Waals surface area contributed by atoms with Crippen molar-refractivity contribution in [1.82, 2.24) is 19.4 Å². The van der Waals surface area contributed by atoms with Crippen LogP contribution >= 0.6 is 11.3 Å². The summed E-state index contributed by atoms with van der Waals surface area (Å²) < 4.78 is 7.61. The molecule has 196 valence electrons. The van der Waals surface area contributed by atoms with E-state index in [-0.39, 0.29) is 17.8 Å². The van der Waals surface area contributed by atoms with Crippen molar-refractivity contribution >= 4 is 23.2 Å². The number of hydrogen-bond donors (Lipinski definition) is 0. The van der Waals surface area contributed by atoms with Crippen LogP contribution in [0.5, 0.6) is 0 Å². The van der Waals surface area contributed by atoms with Gasteiger partial charge in [-0.3, -0.25) is 14.6 Å². The number of esters is 1. The van der Waals surface area contributed by atoms with Crippen LogP contribution in [0.1, 0.15) is 80.2 Å². The molecule has 1 atom stereocenters. The van der Waals surface area contributed by atoms with Gasteiger partial charge in [0.15, 0.2) is 0 Å². The summed E-state index contributed by atoms with van der Waals surface area (Å²) in [6.07, 6.45) is 8.96. The fourth-order valence-electron chi connectivity index (χ4n) is 5.78. The van der Waals surface area contributed by atoms with Gasteiger partial charge in [0.05, 0.1) is 29.5 Å². The number of hydrogen-bond acceptors (Lipinski definition) is 6. The Balaban J connectivity index is 1.48. The van der Waals surface area contributed by atoms with Gasteiger partial charge in [0.1, 0.15) is 5.01 Å². The van der Waals surface area contributed by atoms with Gasteiger partial charge in [0.2, 0.25) is 0 Å². The van der Waals surface area contributed by atoms with Gasteiger partial charge in [-0.1, -0.05) is 19.8 Å². The summed E-state index contributed by atoms with van der Waals surface area (Å²) in [5, 5.41) is 3.07. The predicted octanol–water partition coefficient (Wildman–Crippen LogP) is 6.07. The fourth-order valence-corrected chi connectivity index (χ4v) is 6.59. The van der Waals surface area contributed by atoms with Gasteiger partial charge in [0.25, 0.3) is 5.91 Å². The van der Waals surface area contributed by atoms with Crippen LogP contribution in [0.2, 0.25) is 0 Å². The first-order valence-electron chi connectivity index (χ1n) is 13.6. The lowest BCUT2D eigenvalue weighted by molar-refractivity contribution is -0.149. The molecule has 37 heavy (non-hydrogen) atoms. The standard InChI is InChI=1S/C29H36N4O3S/c1-4-22-15-20(12-13-30-22)27-31-25(18-37-27)26-16-24(19(3)33(26)23-10-6-7-11-23)28(34)32-14-8-9-21(17-32)29(35)36-5-2/h12-13,15-16,18,21,23H,4-11,14,17H2,1-3H3. The van der Waals surface area contributed by atoms with E-state index in [9.17, 15) is 9.59 Å². The lowest BCUT2D eigenvalue weighted by atomic mass is 9.97. The molecule has 1 aliphatic carbocycles. The van der Waals surface area contributed by atoms with E-state index in [1.807, 2.05) is 30.2 Å². The zero-order valence-corrected chi connectivity index (χ0v) is 22.9. The highest BCUT2D eigenvalue weighted by molar-refractivity contribution is 7.13. The SMILES string of the molecule is CCOC(=O)C1CCCN(C(=O)c2cc(-c3csc(-c4ccnc(CC)c4)n3)n(C3CCCC3)c2C)C1.